The molecular formula is C15H28ClNO. The summed E-state index contributed by atoms with van der Waals surface area (Å²) < 4.78 is 0. The van der Waals surface area contributed by atoms with Crippen molar-refractivity contribution >= 4 is 17.5 Å². The number of carbonyl (C=O) groups excluding carboxylic acids is 1. The second kappa shape index (κ2) is 8.79. The Hall–Kier alpha value is -0.240. The third-order valence-electron chi connectivity index (χ3n) is 3.97. The van der Waals surface area contributed by atoms with Crippen LogP contribution in [0.3, 0.4) is 0 Å². The van der Waals surface area contributed by atoms with Gasteiger partial charge in [0, 0.05) is 24.9 Å². The summed E-state index contributed by atoms with van der Waals surface area (Å²) in [4.78, 5) is 14.2. The number of alkyl halides is 1. The lowest BCUT2D eigenvalue weighted by atomic mass is 9.86. The van der Waals surface area contributed by atoms with Crippen LogP contribution in [0.25, 0.3) is 0 Å². The van der Waals surface area contributed by atoms with Crippen LogP contribution in [-0.2, 0) is 4.79 Å². The van der Waals surface area contributed by atoms with E-state index in [1.54, 1.807) is 0 Å². The summed E-state index contributed by atoms with van der Waals surface area (Å²) in [7, 11) is 0. The highest BCUT2D eigenvalue weighted by molar-refractivity contribution is 6.17. The SMILES string of the molecule is CC(C)N(CCCCl)C(=O)CCC1CCCCC1. The first kappa shape index (κ1) is 15.8. The lowest BCUT2D eigenvalue weighted by Crippen LogP contribution is -2.38. The molecule has 3 heteroatoms. The molecule has 0 aromatic rings. The van der Waals surface area contributed by atoms with Crippen LogP contribution in [0, 0.1) is 5.92 Å². The van der Waals surface area contributed by atoms with Crippen molar-refractivity contribution in [2.45, 2.75) is 71.3 Å². The molecule has 0 N–H and O–H groups in total. The minimum absolute atomic E-state index is 0.298. The van der Waals surface area contributed by atoms with Gasteiger partial charge in [-0.15, -0.1) is 11.6 Å². The van der Waals surface area contributed by atoms with Crippen LogP contribution in [0.4, 0.5) is 0 Å². The van der Waals surface area contributed by atoms with Crippen molar-refractivity contribution in [2.75, 3.05) is 12.4 Å². The van der Waals surface area contributed by atoms with Gasteiger partial charge in [-0.2, -0.15) is 0 Å². The van der Waals surface area contributed by atoms with Gasteiger partial charge in [0.25, 0.3) is 0 Å². The molecule has 0 aromatic heterocycles. The minimum Gasteiger partial charge on any atom is -0.340 e. The first-order valence-electron chi connectivity index (χ1n) is 7.50. The second-order valence-electron chi connectivity index (χ2n) is 5.77. The van der Waals surface area contributed by atoms with E-state index in [0.29, 0.717) is 17.8 Å². The van der Waals surface area contributed by atoms with E-state index in [-0.39, 0.29) is 0 Å². The molecule has 1 aliphatic rings. The number of nitrogens with zero attached hydrogens (tertiary/aromatic N) is 1. The third kappa shape index (κ3) is 5.60. The maximum atomic E-state index is 12.2. The van der Waals surface area contributed by atoms with E-state index in [0.717, 1.165) is 31.7 Å². The van der Waals surface area contributed by atoms with Crippen LogP contribution >= 0.6 is 11.6 Å². The molecule has 18 heavy (non-hydrogen) atoms. The molecular weight excluding hydrogens is 246 g/mol. The number of carbonyl (C=O) groups is 1. The molecule has 0 heterocycles. The van der Waals surface area contributed by atoms with E-state index in [1.807, 2.05) is 4.90 Å². The molecule has 0 aliphatic heterocycles. The monoisotopic (exact) mass is 273 g/mol. The number of hydrogen-bond donors (Lipinski definition) is 0. The molecule has 106 valence electrons. The fourth-order valence-corrected chi connectivity index (χ4v) is 2.97. The highest BCUT2D eigenvalue weighted by Gasteiger charge is 2.19. The predicted octanol–water partition coefficient (Wildman–Crippen LogP) is 4.21. The zero-order valence-corrected chi connectivity index (χ0v) is 12.7. The fraction of sp³-hybridized carbons (Fsp3) is 0.933. The van der Waals surface area contributed by atoms with Gasteiger partial charge < -0.3 is 4.90 Å². The van der Waals surface area contributed by atoms with Gasteiger partial charge in [-0.05, 0) is 32.6 Å². The molecule has 1 aliphatic carbocycles. The van der Waals surface area contributed by atoms with E-state index in [4.69, 9.17) is 11.6 Å². The Labute approximate surface area is 117 Å². The van der Waals surface area contributed by atoms with E-state index < -0.39 is 0 Å². The summed E-state index contributed by atoms with van der Waals surface area (Å²) in [5.74, 6) is 1.75. The molecule has 0 spiro atoms. The van der Waals surface area contributed by atoms with E-state index in [1.165, 1.54) is 32.1 Å². The van der Waals surface area contributed by atoms with Gasteiger partial charge >= 0.3 is 0 Å². The molecule has 0 bridgehead atoms. The maximum Gasteiger partial charge on any atom is 0.222 e. The maximum absolute atomic E-state index is 12.2. The van der Waals surface area contributed by atoms with E-state index >= 15 is 0 Å². The number of hydrogen-bond acceptors (Lipinski definition) is 1. The molecule has 1 fully saturated rings. The molecule has 0 unspecified atom stereocenters. The normalized spacial score (nSPS) is 17.1. The van der Waals surface area contributed by atoms with Crippen LogP contribution in [-0.4, -0.2) is 29.3 Å². The first-order valence-corrected chi connectivity index (χ1v) is 8.04. The van der Waals surface area contributed by atoms with Crippen molar-refractivity contribution in [1.29, 1.82) is 0 Å². The Bertz CT molecular complexity index is 237. The van der Waals surface area contributed by atoms with Crippen LogP contribution < -0.4 is 0 Å². The van der Waals surface area contributed by atoms with Crippen LogP contribution in [0.5, 0.6) is 0 Å². The van der Waals surface area contributed by atoms with Crippen LogP contribution in [0.1, 0.15) is 65.2 Å². The number of amides is 1. The lowest BCUT2D eigenvalue weighted by Gasteiger charge is -2.28. The largest absolute Gasteiger partial charge is 0.340 e. The average molecular weight is 274 g/mol. The summed E-state index contributed by atoms with van der Waals surface area (Å²) >= 11 is 5.72. The third-order valence-corrected chi connectivity index (χ3v) is 4.23. The molecule has 1 amide bonds. The highest BCUT2D eigenvalue weighted by atomic mass is 35.5. The van der Waals surface area contributed by atoms with Gasteiger partial charge in [-0.3, -0.25) is 4.79 Å². The van der Waals surface area contributed by atoms with Crippen molar-refractivity contribution in [3.05, 3.63) is 0 Å². The molecule has 0 saturated heterocycles. The van der Waals surface area contributed by atoms with Crippen LogP contribution in [0.2, 0.25) is 0 Å². The van der Waals surface area contributed by atoms with Crippen molar-refractivity contribution in [3.8, 4) is 0 Å². The Morgan fingerprint density at radius 1 is 1.28 bits per heavy atom. The van der Waals surface area contributed by atoms with Gasteiger partial charge in [0.1, 0.15) is 0 Å². The van der Waals surface area contributed by atoms with Crippen molar-refractivity contribution in [2.24, 2.45) is 5.92 Å². The van der Waals surface area contributed by atoms with E-state index in [2.05, 4.69) is 13.8 Å². The molecule has 1 saturated carbocycles. The summed E-state index contributed by atoms with van der Waals surface area (Å²) in [6.45, 7) is 4.99. The molecule has 1 rings (SSSR count). The van der Waals surface area contributed by atoms with Gasteiger partial charge in [0.2, 0.25) is 5.91 Å². The second-order valence-corrected chi connectivity index (χ2v) is 6.14. The summed E-state index contributed by atoms with van der Waals surface area (Å²) in [6.07, 6.45) is 9.48. The van der Waals surface area contributed by atoms with Gasteiger partial charge in [-0.1, -0.05) is 32.1 Å². The molecule has 0 aromatic carbocycles. The van der Waals surface area contributed by atoms with Gasteiger partial charge in [-0.25, -0.2) is 0 Å². The van der Waals surface area contributed by atoms with Crippen molar-refractivity contribution in [3.63, 3.8) is 0 Å². The summed E-state index contributed by atoms with van der Waals surface area (Å²) in [5.41, 5.74) is 0. The van der Waals surface area contributed by atoms with Crippen LogP contribution in [0.15, 0.2) is 0 Å². The molecule has 0 atom stereocenters. The zero-order chi connectivity index (χ0) is 13.4. The average Bonchev–Trinajstić information content (AvgIpc) is 2.37. The van der Waals surface area contributed by atoms with Gasteiger partial charge in [0.15, 0.2) is 0 Å². The zero-order valence-electron chi connectivity index (χ0n) is 12.0. The Kier molecular flexibility index (Phi) is 7.73. The topological polar surface area (TPSA) is 20.3 Å². The quantitative estimate of drug-likeness (QED) is 0.636. The number of halogens is 1. The fourth-order valence-electron chi connectivity index (χ4n) is 2.85. The van der Waals surface area contributed by atoms with Crippen molar-refractivity contribution < 1.29 is 4.79 Å². The van der Waals surface area contributed by atoms with Crippen molar-refractivity contribution in [1.82, 2.24) is 4.90 Å². The summed E-state index contributed by atoms with van der Waals surface area (Å²) in [6, 6.07) is 0.298. The highest BCUT2D eigenvalue weighted by Crippen LogP contribution is 2.27. The lowest BCUT2D eigenvalue weighted by molar-refractivity contribution is -0.133. The Morgan fingerprint density at radius 2 is 1.94 bits per heavy atom. The van der Waals surface area contributed by atoms with E-state index in [9.17, 15) is 4.79 Å². The number of rotatable bonds is 7. The minimum atomic E-state index is 0.298. The molecule has 0 radical (unpaired) electrons. The predicted molar refractivity (Wildman–Crippen MR) is 78.0 cm³/mol. The van der Waals surface area contributed by atoms with Gasteiger partial charge in [0.05, 0.1) is 0 Å². The summed E-state index contributed by atoms with van der Waals surface area (Å²) in [5, 5.41) is 0. The Balaban J connectivity index is 2.31. The standard InChI is InChI=1S/C15H28ClNO/c1-13(2)17(12-6-11-16)15(18)10-9-14-7-4-3-5-8-14/h13-14H,3-12H2,1-2H3. The first-order chi connectivity index (χ1) is 8.65. The Morgan fingerprint density at radius 3 is 2.50 bits per heavy atom. The molecule has 2 nitrogen and oxygen atoms in total. The smallest absolute Gasteiger partial charge is 0.222 e.